The number of carbonyl (C=O) groups excluding carboxylic acids is 1. The predicted octanol–water partition coefficient (Wildman–Crippen LogP) is -0.140. The molecule has 1 aliphatic heterocycles. The van der Waals surface area contributed by atoms with Crippen molar-refractivity contribution in [2.75, 3.05) is 6.54 Å². The van der Waals surface area contributed by atoms with Gasteiger partial charge in [0.2, 0.25) is 5.91 Å². The topological polar surface area (TPSA) is 55.1 Å². The summed E-state index contributed by atoms with van der Waals surface area (Å²) >= 11 is 0. The second-order valence-electron chi connectivity index (χ2n) is 2.89. The van der Waals surface area contributed by atoms with E-state index in [4.69, 9.17) is 5.73 Å². The average molecular weight is 142 g/mol. The van der Waals surface area contributed by atoms with E-state index >= 15 is 0 Å². The molecule has 58 valence electrons. The van der Waals surface area contributed by atoms with Crippen LogP contribution in [0.25, 0.3) is 0 Å². The Hall–Kier alpha value is -0.570. The van der Waals surface area contributed by atoms with Gasteiger partial charge in [-0.2, -0.15) is 0 Å². The fraction of sp³-hybridized carbons (Fsp3) is 0.857. The molecule has 3 N–H and O–H groups in total. The molecule has 0 bridgehead atoms. The van der Waals surface area contributed by atoms with Crippen LogP contribution in [-0.2, 0) is 4.79 Å². The molecule has 10 heavy (non-hydrogen) atoms. The lowest BCUT2D eigenvalue weighted by Crippen LogP contribution is -2.37. The summed E-state index contributed by atoms with van der Waals surface area (Å²) in [6.07, 6.45) is 2.26. The number of carbonyl (C=O) groups is 1. The molecule has 2 atom stereocenters. The number of hydrogen-bond donors (Lipinski definition) is 2. The van der Waals surface area contributed by atoms with Crippen molar-refractivity contribution < 1.29 is 4.79 Å². The van der Waals surface area contributed by atoms with Crippen molar-refractivity contribution in [3.8, 4) is 0 Å². The third kappa shape index (κ3) is 1.48. The van der Waals surface area contributed by atoms with E-state index < -0.39 is 0 Å². The summed E-state index contributed by atoms with van der Waals surface area (Å²) in [5.74, 6) is -0.207. The van der Waals surface area contributed by atoms with E-state index in [9.17, 15) is 4.79 Å². The third-order valence-corrected chi connectivity index (χ3v) is 2.15. The van der Waals surface area contributed by atoms with Gasteiger partial charge in [0.05, 0.1) is 5.92 Å². The molecule has 0 spiro atoms. The van der Waals surface area contributed by atoms with Crippen LogP contribution in [0.15, 0.2) is 0 Å². The fourth-order valence-corrected chi connectivity index (χ4v) is 1.34. The van der Waals surface area contributed by atoms with E-state index in [0.717, 1.165) is 13.0 Å². The van der Waals surface area contributed by atoms with Crippen LogP contribution in [-0.4, -0.2) is 18.5 Å². The van der Waals surface area contributed by atoms with Gasteiger partial charge in [-0.15, -0.1) is 0 Å². The highest BCUT2D eigenvalue weighted by Crippen LogP contribution is 2.13. The van der Waals surface area contributed by atoms with Crippen molar-refractivity contribution >= 4 is 5.91 Å². The predicted molar refractivity (Wildman–Crippen MR) is 39.4 cm³/mol. The Bertz CT molecular complexity index is 130. The summed E-state index contributed by atoms with van der Waals surface area (Å²) in [5, 5.41) is 3.24. The van der Waals surface area contributed by atoms with Crippen molar-refractivity contribution in [2.45, 2.75) is 25.8 Å². The highest BCUT2D eigenvalue weighted by Gasteiger charge is 2.24. The summed E-state index contributed by atoms with van der Waals surface area (Å²) in [6, 6.07) is 0.331. The first-order valence-corrected chi connectivity index (χ1v) is 3.74. The number of nitrogens with two attached hydrogens (primary N) is 1. The van der Waals surface area contributed by atoms with E-state index in [0.29, 0.717) is 6.04 Å². The van der Waals surface area contributed by atoms with E-state index in [1.54, 1.807) is 0 Å². The zero-order chi connectivity index (χ0) is 7.56. The highest BCUT2D eigenvalue weighted by atomic mass is 16.1. The van der Waals surface area contributed by atoms with Crippen LogP contribution < -0.4 is 11.1 Å². The van der Waals surface area contributed by atoms with Gasteiger partial charge in [-0.1, -0.05) is 6.92 Å². The normalized spacial score (nSPS) is 28.3. The number of hydrogen-bond acceptors (Lipinski definition) is 2. The van der Waals surface area contributed by atoms with Crippen molar-refractivity contribution in [2.24, 2.45) is 11.7 Å². The van der Waals surface area contributed by atoms with Crippen LogP contribution in [0.5, 0.6) is 0 Å². The van der Waals surface area contributed by atoms with Crippen molar-refractivity contribution in [3.63, 3.8) is 0 Å². The van der Waals surface area contributed by atoms with Gasteiger partial charge in [-0.3, -0.25) is 4.79 Å². The monoisotopic (exact) mass is 142 g/mol. The van der Waals surface area contributed by atoms with Gasteiger partial charge in [-0.05, 0) is 19.4 Å². The lowest BCUT2D eigenvalue weighted by atomic mass is 10.0. The van der Waals surface area contributed by atoms with Gasteiger partial charge in [0.15, 0.2) is 0 Å². The standard InChI is InChI=1S/C7H14N2O/c1-5(7(8)10)6-3-2-4-9-6/h5-6,9H,2-4H2,1H3,(H2,8,10)/t5-,6+/m1/s1. The molecular weight excluding hydrogens is 128 g/mol. The maximum Gasteiger partial charge on any atom is 0.221 e. The number of primary amides is 1. The molecule has 0 unspecified atom stereocenters. The lowest BCUT2D eigenvalue weighted by Gasteiger charge is -2.14. The molecule has 0 aliphatic carbocycles. The molecule has 3 nitrogen and oxygen atoms in total. The summed E-state index contributed by atoms with van der Waals surface area (Å²) < 4.78 is 0. The third-order valence-electron chi connectivity index (χ3n) is 2.15. The van der Waals surface area contributed by atoms with Gasteiger partial charge < -0.3 is 11.1 Å². The first-order chi connectivity index (χ1) is 4.72. The van der Waals surface area contributed by atoms with E-state index in [2.05, 4.69) is 5.32 Å². The Morgan fingerprint density at radius 1 is 1.80 bits per heavy atom. The Balaban J connectivity index is 2.39. The molecule has 0 aromatic rings. The quantitative estimate of drug-likeness (QED) is 0.564. The van der Waals surface area contributed by atoms with E-state index in [-0.39, 0.29) is 11.8 Å². The molecule has 1 heterocycles. The van der Waals surface area contributed by atoms with Crippen LogP contribution in [0.2, 0.25) is 0 Å². The van der Waals surface area contributed by atoms with Crippen LogP contribution in [0, 0.1) is 5.92 Å². The van der Waals surface area contributed by atoms with Crippen molar-refractivity contribution in [3.05, 3.63) is 0 Å². The zero-order valence-corrected chi connectivity index (χ0v) is 6.26. The molecule has 0 aromatic carbocycles. The number of amides is 1. The largest absolute Gasteiger partial charge is 0.369 e. The highest BCUT2D eigenvalue weighted by molar-refractivity contribution is 5.77. The summed E-state index contributed by atoms with van der Waals surface area (Å²) in [4.78, 5) is 10.7. The Morgan fingerprint density at radius 3 is 2.90 bits per heavy atom. The maximum atomic E-state index is 10.7. The summed E-state index contributed by atoms with van der Waals surface area (Å²) in [6.45, 7) is 2.91. The van der Waals surface area contributed by atoms with Crippen LogP contribution >= 0.6 is 0 Å². The smallest absolute Gasteiger partial charge is 0.221 e. The van der Waals surface area contributed by atoms with E-state index in [1.807, 2.05) is 6.92 Å². The molecular formula is C7H14N2O. The average Bonchev–Trinajstić information content (AvgIpc) is 2.36. The minimum Gasteiger partial charge on any atom is -0.369 e. The Morgan fingerprint density at radius 2 is 2.50 bits per heavy atom. The van der Waals surface area contributed by atoms with Gasteiger partial charge in [-0.25, -0.2) is 0 Å². The molecule has 0 aromatic heterocycles. The molecule has 1 amide bonds. The molecule has 0 radical (unpaired) electrons. The molecule has 1 saturated heterocycles. The van der Waals surface area contributed by atoms with Gasteiger partial charge in [0.1, 0.15) is 0 Å². The summed E-state index contributed by atoms with van der Waals surface area (Å²) in [7, 11) is 0. The van der Waals surface area contributed by atoms with Gasteiger partial charge in [0.25, 0.3) is 0 Å². The first kappa shape index (κ1) is 7.54. The number of nitrogens with one attached hydrogen (secondary N) is 1. The van der Waals surface area contributed by atoms with Crippen molar-refractivity contribution in [1.29, 1.82) is 0 Å². The lowest BCUT2D eigenvalue weighted by molar-refractivity contribution is -0.122. The minimum absolute atomic E-state index is 0.0116. The van der Waals surface area contributed by atoms with Crippen LogP contribution in [0.3, 0.4) is 0 Å². The van der Waals surface area contributed by atoms with Gasteiger partial charge in [0, 0.05) is 6.04 Å². The van der Waals surface area contributed by atoms with Crippen molar-refractivity contribution in [1.82, 2.24) is 5.32 Å². The van der Waals surface area contributed by atoms with E-state index in [1.165, 1.54) is 6.42 Å². The Kier molecular flexibility index (Phi) is 2.27. The summed E-state index contributed by atoms with van der Waals surface area (Å²) in [5.41, 5.74) is 5.14. The first-order valence-electron chi connectivity index (χ1n) is 3.74. The molecule has 0 saturated carbocycles. The van der Waals surface area contributed by atoms with Crippen LogP contribution in [0.1, 0.15) is 19.8 Å². The molecule has 3 heteroatoms. The minimum atomic E-state index is -0.195. The Labute approximate surface area is 61.0 Å². The second kappa shape index (κ2) is 3.01. The maximum absolute atomic E-state index is 10.7. The fourth-order valence-electron chi connectivity index (χ4n) is 1.34. The zero-order valence-electron chi connectivity index (χ0n) is 6.26. The number of rotatable bonds is 2. The molecule has 1 aliphatic rings. The SMILES string of the molecule is C[C@@H](C(N)=O)[C@@H]1CCCN1. The van der Waals surface area contributed by atoms with Crippen LogP contribution in [0.4, 0.5) is 0 Å². The van der Waals surface area contributed by atoms with Gasteiger partial charge >= 0.3 is 0 Å². The molecule has 1 fully saturated rings. The molecule has 1 rings (SSSR count). The second-order valence-corrected chi connectivity index (χ2v) is 2.89.